The molecule has 1 N–H and O–H groups in total. The number of carbonyl (C=O) groups is 1. The Morgan fingerprint density at radius 3 is 2.74 bits per heavy atom. The number of carbonyl (C=O) groups excluding carboxylic acids is 1. The first kappa shape index (κ1) is 21.6. The molecule has 0 bridgehead atoms. The Morgan fingerprint density at radius 1 is 1.41 bits per heavy atom. The van der Waals surface area contributed by atoms with Gasteiger partial charge in [0.1, 0.15) is 10.7 Å². The summed E-state index contributed by atoms with van der Waals surface area (Å²) in [4.78, 5) is 15.9. The fourth-order valence-electron chi connectivity index (χ4n) is 2.97. The molecule has 8 nitrogen and oxygen atoms in total. The van der Waals surface area contributed by atoms with Gasteiger partial charge in [-0.3, -0.25) is 0 Å². The molecule has 1 atom stereocenters. The van der Waals surface area contributed by atoms with E-state index in [4.69, 9.17) is 11.6 Å². The van der Waals surface area contributed by atoms with E-state index in [1.54, 1.807) is 17.0 Å². The van der Waals surface area contributed by atoms with E-state index in [0.29, 0.717) is 18.9 Å². The number of nitrogens with one attached hydrogen (secondary N) is 1. The van der Waals surface area contributed by atoms with Gasteiger partial charge in [0.25, 0.3) is 0 Å². The van der Waals surface area contributed by atoms with Crippen LogP contribution < -0.4 is 5.32 Å². The van der Waals surface area contributed by atoms with Crippen LogP contribution >= 0.6 is 24.0 Å². The van der Waals surface area contributed by atoms with Gasteiger partial charge < -0.3 is 14.6 Å². The van der Waals surface area contributed by atoms with Gasteiger partial charge in [0, 0.05) is 39.1 Å². The number of rotatable bonds is 4. The number of imidazole rings is 1. The molecule has 1 fully saturated rings. The number of hydrogen-bond acceptors (Lipinski definition) is 6. The van der Waals surface area contributed by atoms with Crippen LogP contribution in [0, 0.1) is 0 Å². The van der Waals surface area contributed by atoms with Crippen LogP contribution in [0.1, 0.15) is 22.2 Å². The van der Waals surface area contributed by atoms with E-state index >= 15 is 0 Å². The summed E-state index contributed by atoms with van der Waals surface area (Å²) >= 11 is 6.19. The molecule has 0 radical (unpaired) electrons. The predicted molar refractivity (Wildman–Crippen MR) is 103 cm³/mol. The van der Waals surface area contributed by atoms with Gasteiger partial charge in [-0.15, -0.1) is 12.4 Å². The number of ether oxygens (including phenoxy) is 1. The van der Waals surface area contributed by atoms with Crippen molar-refractivity contribution in [3.8, 4) is 0 Å². The summed E-state index contributed by atoms with van der Waals surface area (Å²) < 4.78 is 34.3. The zero-order valence-electron chi connectivity index (χ0n) is 14.8. The van der Waals surface area contributed by atoms with Crippen molar-refractivity contribution in [2.75, 3.05) is 26.7 Å². The first-order chi connectivity index (χ1) is 12.4. The minimum absolute atomic E-state index is 0. The number of esters is 1. The summed E-state index contributed by atoms with van der Waals surface area (Å²) in [6.45, 7) is 1.26. The molecule has 1 aliphatic heterocycles. The highest BCUT2D eigenvalue weighted by molar-refractivity contribution is 7.89. The van der Waals surface area contributed by atoms with Crippen molar-refractivity contribution in [3.63, 3.8) is 0 Å². The Labute approximate surface area is 168 Å². The maximum Gasteiger partial charge on any atom is 0.337 e. The monoisotopic (exact) mass is 434 g/mol. The van der Waals surface area contributed by atoms with Crippen LogP contribution in [0.4, 0.5) is 0 Å². The molecule has 1 aromatic carbocycles. The average molecular weight is 435 g/mol. The van der Waals surface area contributed by atoms with E-state index in [9.17, 15) is 13.2 Å². The molecular weight excluding hydrogens is 415 g/mol. The van der Waals surface area contributed by atoms with Crippen LogP contribution in [0.15, 0.2) is 35.5 Å². The van der Waals surface area contributed by atoms with Crippen molar-refractivity contribution in [2.45, 2.75) is 10.9 Å². The van der Waals surface area contributed by atoms with Gasteiger partial charge in [-0.2, -0.15) is 4.31 Å². The molecule has 1 aromatic heterocycles. The van der Waals surface area contributed by atoms with Crippen molar-refractivity contribution in [1.82, 2.24) is 19.2 Å². The highest BCUT2D eigenvalue weighted by atomic mass is 35.5. The number of aromatic nitrogens is 2. The van der Waals surface area contributed by atoms with Crippen molar-refractivity contribution in [1.29, 1.82) is 0 Å². The second kappa shape index (κ2) is 8.57. The highest BCUT2D eigenvalue weighted by Gasteiger charge is 2.37. The van der Waals surface area contributed by atoms with Crippen molar-refractivity contribution >= 4 is 40.0 Å². The highest BCUT2D eigenvalue weighted by Crippen LogP contribution is 2.32. The normalized spacial score (nSPS) is 18.0. The van der Waals surface area contributed by atoms with E-state index in [1.807, 2.05) is 7.05 Å². The van der Waals surface area contributed by atoms with Crippen molar-refractivity contribution in [2.24, 2.45) is 7.05 Å². The minimum Gasteiger partial charge on any atom is -0.465 e. The van der Waals surface area contributed by atoms with Crippen LogP contribution in [0.2, 0.25) is 5.02 Å². The zero-order valence-corrected chi connectivity index (χ0v) is 17.1. The van der Waals surface area contributed by atoms with Crippen LogP contribution in [0.5, 0.6) is 0 Å². The number of methoxy groups -OCH3 is 1. The maximum atomic E-state index is 13.2. The van der Waals surface area contributed by atoms with E-state index in [-0.39, 0.29) is 34.4 Å². The number of aryl methyl sites for hydroxylation is 1. The fraction of sp³-hybridized carbons (Fsp3) is 0.375. The van der Waals surface area contributed by atoms with Gasteiger partial charge in [0.05, 0.1) is 23.7 Å². The van der Waals surface area contributed by atoms with Gasteiger partial charge in [-0.1, -0.05) is 11.6 Å². The summed E-state index contributed by atoms with van der Waals surface area (Å²) in [6.07, 6.45) is 3.40. The van der Waals surface area contributed by atoms with E-state index in [0.717, 1.165) is 0 Å². The Hall–Kier alpha value is -1.65. The molecule has 0 aliphatic carbocycles. The fourth-order valence-corrected chi connectivity index (χ4v) is 5.08. The molecule has 0 spiro atoms. The number of nitrogens with zero attached hydrogens (tertiary/aromatic N) is 3. The molecule has 1 saturated heterocycles. The van der Waals surface area contributed by atoms with Crippen LogP contribution in [-0.2, 0) is 21.8 Å². The first-order valence-corrected chi connectivity index (χ1v) is 9.75. The lowest BCUT2D eigenvalue weighted by atomic mass is 10.2. The molecule has 148 valence electrons. The summed E-state index contributed by atoms with van der Waals surface area (Å²) in [6, 6.07) is 3.58. The van der Waals surface area contributed by atoms with E-state index in [2.05, 4.69) is 15.0 Å². The number of benzene rings is 1. The molecule has 27 heavy (non-hydrogen) atoms. The lowest BCUT2D eigenvalue weighted by Gasteiger charge is -2.34. The quantitative estimate of drug-likeness (QED) is 0.734. The molecule has 0 amide bonds. The summed E-state index contributed by atoms with van der Waals surface area (Å²) in [5.41, 5.74) is 0.192. The number of halogens is 2. The molecule has 0 saturated carbocycles. The molecule has 2 heterocycles. The molecule has 3 rings (SSSR count). The summed E-state index contributed by atoms with van der Waals surface area (Å²) in [7, 11) is -0.810. The van der Waals surface area contributed by atoms with Crippen LogP contribution in [0.3, 0.4) is 0 Å². The molecule has 2 aromatic rings. The Kier molecular flexibility index (Phi) is 6.87. The Morgan fingerprint density at radius 2 is 2.15 bits per heavy atom. The topological polar surface area (TPSA) is 93.5 Å². The van der Waals surface area contributed by atoms with E-state index in [1.165, 1.54) is 29.6 Å². The van der Waals surface area contributed by atoms with Gasteiger partial charge in [0.2, 0.25) is 10.0 Å². The smallest absolute Gasteiger partial charge is 0.337 e. The third-order valence-corrected chi connectivity index (χ3v) is 6.68. The van der Waals surface area contributed by atoms with Crippen LogP contribution in [0.25, 0.3) is 0 Å². The second-order valence-electron chi connectivity index (χ2n) is 5.87. The summed E-state index contributed by atoms with van der Waals surface area (Å²) in [5.74, 6) is 0.0620. The number of piperazine rings is 1. The van der Waals surface area contributed by atoms with Crippen molar-refractivity contribution < 1.29 is 17.9 Å². The Bertz CT molecular complexity index is 932. The standard InChI is InChI=1S/C16H19ClN4O4S.ClH/c1-20-7-6-19-15(20)13-10-18-5-8-21(13)26(23,24)14-4-3-11(9-12(14)17)16(22)25-2;/h3-4,6-7,9,13,18H,5,8,10H2,1-2H3;1H. The van der Waals surface area contributed by atoms with Gasteiger partial charge in [0.15, 0.2) is 0 Å². The third kappa shape index (κ3) is 4.12. The van der Waals surface area contributed by atoms with E-state index < -0.39 is 22.0 Å². The van der Waals surface area contributed by atoms with Gasteiger partial charge >= 0.3 is 5.97 Å². The largest absolute Gasteiger partial charge is 0.465 e. The number of hydrogen-bond donors (Lipinski definition) is 1. The SMILES string of the molecule is COC(=O)c1ccc(S(=O)(=O)N2CCNCC2c2nccn2C)c(Cl)c1.Cl. The zero-order chi connectivity index (χ0) is 18.9. The maximum absolute atomic E-state index is 13.2. The van der Waals surface area contributed by atoms with Gasteiger partial charge in [-0.05, 0) is 18.2 Å². The first-order valence-electron chi connectivity index (χ1n) is 7.94. The molecule has 1 unspecified atom stereocenters. The average Bonchev–Trinajstić information content (AvgIpc) is 3.06. The predicted octanol–water partition coefficient (Wildman–Crippen LogP) is 1.62. The number of sulfonamides is 1. The second-order valence-corrected chi connectivity index (χ2v) is 8.13. The third-order valence-electron chi connectivity index (χ3n) is 4.29. The van der Waals surface area contributed by atoms with Crippen LogP contribution in [-0.4, -0.2) is 55.0 Å². The molecule has 11 heteroatoms. The lowest BCUT2D eigenvalue weighted by Crippen LogP contribution is -2.49. The van der Waals surface area contributed by atoms with Gasteiger partial charge in [-0.25, -0.2) is 18.2 Å². The van der Waals surface area contributed by atoms with Crippen molar-refractivity contribution in [3.05, 3.63) is 47.0 Å². The lowest BCUT2D eigenvalue weighted by molar-refractivity contribution is 0.0600. The Balaban J connectivity index is 0.00000261. The molecular formula is C16H20Cl2N4O4S. The summed E-state index contributed by atoms with van der Waals surface area (Å²) in [5, 5.41) is 3.17. The minimum atomic E-state index is -3.88. The molecule has 1 aliphatic rings.